The molecule has 0 aromatic carbocycles. The Morgan fingerprint density at radius 3 is 2.12 bits per heavy atom. The molecule has 0 radical (unpaired) electrons. The number of carbonyl (C=O) groups is 1. The predicted molar refractivity (Wildman–Crippen MR) is 70.7 cm³/mol. The van der Waals surface area contributed by atoms with Crippen LogP contribution in [-0.4, -0.2) is 17.9 Å². The zero-order chi connectivity index (χ0) is 12.6. The topological polar surface area (TPSA) is 29.1 Å². The zero-order valence-electron chi connectivity index (χ0n) is 11.7. The molecule has 0 aromatic rings. The van der Waals surface area contributed by atoms with Gasteiger partial charge in [-0.2, -0.15) is 0 Å². The molecule has 1 N–H and O–H groups in total. The van der Waals surface area contributed by atoms with Gasteiger partial charge >= 0.3 is 0 Å². The Balaban J connectivity index is 0.000000509. The molecule has 1 aliphatic carbocycles. The second-order valence-electron chi connectivity index (χ2n) is 4.22. The van der Waals surface area contributed by atoms with E-state index in [-0.39, 0.29) is 6.04 Å². The molecule has 2 rings (SSSR count). The van der Waals surface area contributed by atoms with E-state index in [4.69, 9.17) is 0 Å². The first kappa shape index (κ1) is 15.6. The molecule has 1 saturated carbocycles. The van der Waals surface area contributed by atoms with E-state index in [9.17, 15) is 4.79 Å². The van der Waals surface area contributed by atoms with Gasteiger partial charge in [-0.15, -0.1) is 0 Å². The molecule has 0 bridgehead atoms. The SMILES string of the molecule is CC.CC.CC(=O)[C@@H]1C[C@@H]2CCCC[C@@H]2N1. The molecule has 1 aliphatic heterocycles. The van der Waals surface area contributed by atoms with Crippen molar-refractivity contribution in [3.63, 3.8) is 0 Å². The largest absolute Gasteiger partial charge is 0.304 e. The van der Waals surface area contributed by atoms with Crippen LogP contribution in [0.3, 0.4) is 0 Å². The lowest BCUT2D eigenvalue weighted by atomic mass is 9.85. The Hall–Kier alpha value is -0.370. The molecule has 96 valence electrons. The standard InChI is InChI=1S/C10H17NO.2C2H6/c1-7(12)10-6-8-4-2-3-5-9(8)11-10;2*1-2/h8-11H,2-6H2,1H3;2*1-2H3/t8-,9-,10-;;/m0../s1. The quantitative estimate of drug-likeness (QED) is 0.742. The van der Waals surface area contributed by atoms with Crippen molar-refractivity contribution < 1.29 is 4.79 Å². The molecule has 0 spiro atoms. The van der Waals surface area contributed by atoms with Crippen molar-refractivity contribution in [2.45, 2.75) is 78.8 Å². The molecule has 2 aliphatic rings. The third-order valence-electron chi connectivity index (χ3n) is 3.35. The highest BCUT2D eigenvalue weighted by Gasteiger charge is 2.36. The maximum atomic E-state index is 11.1. The van der Waals surface area contributed by atoms with Crippen molar-refractivity contribution in [3.8, 4) is 0 Å². The fourth-order valence-electron chi connectivity index (χ4n) is 2.62. The maximum Gasteiger partial charge on any atom is 0.146 e. The number of hydrogen-bond acceptors (Lipinski definition) is 2. The van der Waals surface area contributed by atoms with E-state index < -0.39 is 0 Å². The van der Waals surface area contributed by atoms with Gasteiger partial charge in [0.15, 0.2) is 0 Å². The summed E-state index contributed by atoms with van der Waals surface area (Å²) in [4.78, 5) is 11.1. The highest BCUT2D eigenvalue weighted by atomic mass is 16.1. The normalized spacial score (nSPS) is 31.4. The van der Waals surface area contributed by atoms with E-state index in [0.29, 0.717) is 11.8 Å². The second-order valence-corrected chi connectivity index (χ2v) is 4.22. The number of Topliss-reactive ketones (excluding diaryl/α,β-unsaturated/α-hetero) is 1. The molecule has 16 heavy (non-hydrogen) atoms. The van der Waals surface area contributed by atoms with Gasteiger partial charge in [0.2, 0.25) is 0 Å². The summed E-state index contributed by atoms with van der Waals surface area (Å²) in [5.41, 5.74) is 0. The summed E-state index contributed by atoms with van der Waals surface area (Å²) < 4.78 is 0. The van der Waals surface area contributed by atoms with Crippen LogP contribution in [0, 0.1) is 5.92 Å². The molecule has 0 amide bonds. The molecule has 2 fully saturated rings. The number of ketones is 1. The number of hydrogen-bond donors (Lipinski definition) is 1. The molecule has 1 saturated heterocycles. The van der Waals surface area contributed by atoms with Crippen LogP contribution in [0.2, 0.25) is 0 Å². The van der Waals surface area contributed by atoms with Crippen LogP contribution in [-0.2, 0) is 4.79 Å². The average Bonchev–Trinajstić information content (AvgIpc) is 2.78. The van der Waals surface area contributed by atoms with Gasteiger partial charge in [-0.3, -0.25) is 4.79 Å². The van der Waals surface area contributed by atoms with Crippen LogP contribution in [0.25, 0.3) is 0 Å². The summed E-state index contributed by atoms with van der Waals surface area (Å²) in [5, 5.41) is 3.44. The van der Waals surface area contributed by atoms with Gasteiger partial charge in [0, 0.05) is 6.04 Å². The third kappa shape index (κ3) is 4.25. The smallest absolute Gasteiger partial charge is 0.146 e. The molecule has 3 atom stereocenters. The summed E-state index contributed by atoms with van der Waals surface area (Å²) in [6, 6.07) is 0.839. The van der Waals surface area contributed by atoms with Crippen molar-refractivity contribution >= 4 is 5.78 Å². The first-order chi connectivity index (χ1) is 7.77. The monoisotopic (exact) mass is 227 g/mol. The maximum absolute atomic E-state index is 11.1. The lowest BCUT2D eigenvalue weighted by molar-refractivity contribution is -0.118. The number of carbonyl (C=O) groups excluding carboxylic acids is 1. The van der Waals surface area contributed by atoms with E-state index >= 15 is 0 Å². The molecule has 2 nitrogen and oxygen atoms in total. The Morgan fingerprint density at radius 1 is 1.06 bits per heavy atom. The van der Waals surface area contributed by atoms with Gasteiger partial charge in [-0.1, -0.05) is 40.5 Å². The summed E-state index contributed by atoms with van der Waals surface area (Å²) >= 11 is 0. The van der Waals surface area contributed by atoms with Gasteiger partial charge in [0.05, 0.1) is 6.04 Å². The summed E-state index contributed by atoms with van der Waals surface area (Å²) in [5.74, 6) is 1.12. The summed E-state index contributed by atoms with van der Waals surface area (Å²) in [6.45, 7) is 9.70. The zero-order valence-corrected chi connectivity index (χ0v) is 11.7. The van der Waals surface area contributed by atoms with Crippen molar-refractivity contribution in [1.29, 1.82) is 0 Å². The number of fused-ring (bicyclic) bond motifs is 1. The minimum atomic E-state index is 0.179. The number of rotatable bonds is 1. The van der Waals surface area contributed by atoms with E-state index in [1.54, 1.807) is 6.92 Å². The van der Waals surface area contributed by atoms with Crippen molar-refractivity contribution in [1.82, 2.24) is 5.32 Å². The second kappa shape index (κ2) is 8.74. The molecular weight excluding hydrogens is 198 g/mol. The van der Waals surface area contributed by atoms with Crippen LogP contribution in [0.4, 0.5) is 0 Å². The minimum absolute atomic E-state index is 0.179. The lowest BCUT2D eigenvalue weighted by Crippen LogP contribution is -2.36. The van der Waals surface area contributed by atoms with Crippen molar-refractivity contribution in [2.24, 2.45) is 5.92 Å². The fourth-order valence-corrected chi connectivity index (χ4v) is 2.62. The molecular formula is C14H29NO. The minimum Gasteiger partial charge on any atom is -0.304 e. The lowest BCUT2D eigenvalue weighted by Gasteiger charge is -2.24. The van der Waals surface area contributed by atoms with Crippen LogP contribution < -0.4 is 5.32 Å². The van der Waals surface area contributed by atoms with Gasteiger partial charge in [0.1, 0.15) is 5.78 Å². The summed E-state index contributed by atoms with van der Waals surface area (Å²) in [6.07, 6.45) is 6.43. The molecule has 0 unspecified atom stereocenters. The van der Waals surface area contributed by atoms with Gasteiger partial charge in [0.25, 0.3) is 0 Å². The van der Waals surface area contributed by atoms with E-state index in [0.717, 1.165) is 12.3 Å². The van der Waals surface area contributed by atoms with E-state index in [1.165, 1.54) is 25.7 Å². The highest BCUT2D eigenvalue weighted by molar-refractivity contribution is 5.81. The Bertz CT molecular complexity index is 177. The molecule has 0 aromatic heterocycles. The Kier molecular flexibility index (Phi) is 8.54. The average molecular weight is 227 g/mol. The van der Waals surface area contributed by atoms with Gasteiger partial charge in [-0.25, -0.2) is 0 Å². The Morgan fingerprint density at radius 2 is 1.62 bits per heavy atom. The van der Waals surface area contributed by atoms with E-state index in [1.807, 2.05) is 27.7 Å². The first-order valence-corrected chi connectivity index (χ1v) is 7.04. The summed E-state index contributed by atoms with van der Waals surface area (Å²) in [7, 11) is 0. The predicted octanol–water partition coefficient (Wildman–Crippen LogP) is 3.55. The van der Waals surface area contributed by atoms with Gasteiger partial charge in [-0.05, 0) is 32.1 Å². The van der Waals surface area contributed by atoms with Crippen LogP contribution in [0.1, 0.15) is 66.7 Å². The van der Waals surface area contributed by atoms with Crippen molar-refractivity contribution in [3.05, 3.63) is 0 Å². The van der Waals surface area contributed by atoms with Crippen molar-refractivity contribution in [2.75, 3.05) is 0 Å². The highest BCUT2D eigenvalue weighted by Crippen LogP contribution is 2.33. The van der Waals surface area contributed by atoms with Crippen LogP contribution in [0.15, 0.2) is 0 Å². The van der Waals surface area contributed by atoms with Crippen LogP contribution in [0.5, 0.6) is 0 Å². The molecule has 2 heteroatoms. The molecule has 1 heterocycles. The van der Waals surface area contributed by atoms with Crippen LogP contribution >= 0.6 is 0 Å². The number of nitrogens with one attached hydrogen (secondary N) is 1. The Labute approximate surface area is 101 Å². The first-order valence-electron chi connectivity index (χ1n) is 7.04. The fraction of sp³-hybridized carbons (Fsp3) is 0.929. The third-order valence-corrected chi connectivity index (χ3v) is 3.35. The van der Waals surface area contributed by atoms with Gasteiger partial charge < -0.3 is 5.32 Å². The van der Waals surface area contributed by atoms with E-state index in [2.05, 4.69) is 5.32 Å².